The van der Waals surface area contributed by atoms with E-state index in [1.54, 1.807) is 11.1 Å². The lowest BCUT2D eigenvalue weighted by atomic mass is 10.1. The van der Waals surface area contributed by atoms with Crippen molar-refractivity contribution < 1.29 is 0 Å². The molecule has 1 aromatic carbocycles. The number of fused-ring (bicyclic) bond motifs is 1. The van der Waals surface area contributed by atoms with Gasteiger partial charge in [-0.3, -0.25) is 4.98 Å². The number of pyridine rings is 1. The average Bonchev–Trinajstić information content (AvgIpc) is 2.46. The van der Waals surface area contributed by atoms with Crippen molar-refractivity contribution in [2.75, 3.05) is 19.0 Å². The lowest BCUT2D eigenvalue weighted by Crippen LogP contribution is -2.14. The van der Waals surface area contributed by atoms with Crippen molar-refractivity contribution in [2.24, 2.45) is 0 Å². The number of anilines is 1. The number of nitrogens with zero attached hydrogens (tertiary/aromatic N) is 5. The number of para-hydroxylation sites is 1. The smallest absolute Gasteiger partial charge is 0.229 e. The maximum Gasteiger partial charge on any atom is 0.229 e. The van der Waals surface area contributed by atoms with E-state index in [4.69, 9.17) is 11.6 Å². The summed E-state index contributed by atoms with van der Waals surface area (Å²) in [6, 6.07) is 9.79. The van der Waals surface area contributed by atoms with Gasteiger partial charge in [-0.15, -0.1) is 0 Å². The lowest BCUT2D eigenvalue weighted by Gasteiger charge is -2.11. The van der Waals surface area contributed by atoms with Gasteiger partial charge in [0.1, 0.15) is 0 Å². The first-order valence-electron chi connectivity index (χ1n) is 6.08. The topological polar surface area (TPSA) is 54.8 Å². The van der Waals surface area contributed by atoms with Crippen LogP contribution in [0.2, 0.25) is 5.28 Å². The minimum atomic E-state index is 0.173. The molecule has 0 N–H and O–H groups in total. The van der Waals surface area contributed by atoms with E-state index in [0.29, 0.717) is 11.8 Å². The summed E-state index contributed by atoms with van der Waals surface area (Å²) in [5, 5.41) is 1.21. The van der Waals surface area contributed by atoms with Gasteiger partial charge in [0.15, 0.2) is 5.82 Å². The first kappa shape index (κ1) is 12.7. The molecule has 100 valence electrons. The fourth-order valence-electron chi connectivity index (χ4n) is 1.94. The van der Waals surface area contributed by atoms with Gasteiger partial charge < -0.3 is 4.90 Å². The summed E-state index contributed by atoms with van der Waals surface area (Å²) in [4.78, 5) is 18.9. The standard InChI is InChI=1S/C14H12ClN5/c1-20(2)14-18-12(17-13(15)19-14)10-7-3-5-9-6-4-8-16-11(9)10/h3-8H,1-2H3. The maximum atomic E-state index is 5.99. The van der Waals surface area contributed by atoms with Crippen molar-refractivity contribution >= 4 is 28.5 Å². The van der Waals surface area contributed by atoms with Crippen molar-refractivity contribution in [3.63, 3.8) is 0 Å². The van der Waals surface area contributed by atoms with Gasteiger partial charge in [0.25, 0.3) is 0 Å². The Kier molecular flexibility index (Phi) is 3.20. The molecule has 0 aliphatic rings. The van der Waals surface area contributed by atoms with Crippen LogP contribution in [-0.4, -0.2) is 34.0 Å². The van der Waals surface area contributed by atoms with Crippen LogP contribution in [0.4, 0.5) is 5.95 Å². The first-order valence-corrected chi connectivity index (χ1v) is 6.46. The highest BCUT2D eigenvalue weighted by Crippen LogP contribution is 2.25. The minimum absolute atomic E-state index is 0.173. The largest absolute Gasteiger partial charge is 0.347 e. The average molecular weight is 286 g/mol. The minimum Gasteiger partial charge on any atom is -0.347 e. The quantitative estimate of drug-likeness (QED) is 0.725. The molecule has 2 aromatic heterocycles. The van der Waals surface area contributed by atoms with Gasteiger partial charge in [0.05, 0.1) is 5.52 Å². The fraction of sp³-hybridized carbons (Fsp3) is 0.143. The Hall–Kier alpha value is -2.27. The second-order valence-corrected chi connectivity index (χ2v) is 4.84. The molecule has 2 heterocycles. The van der Waals surface area contributed by atoms with Crippen molar-refractivity contribution in [3.05, 3.63) is 41.8 Å². The number of hydrogen-bond donors (Lipinski definition) is 0. The van der Waals surface area contributed by atoms with Crippen LogP contribution in [0, 0.1) is 0 Å². The monoisotopic (exact) mass is 285 g/mol. The van der Waals surface area contributed by atoms with Crippen LogP contribution in [0.5, 0.6) is 0 Å². The Bertz CT molecular complexity index is 767. The second kappa shape index (κ2) is 5.02. The van der Waals surface area contributed by atoms with Gasteiger partial charge in [-0.2, -0.15) is 15.0 Å². The lowest BCUT2D eigenvalue weighted by molar-refractivity contribution is 0.962. The maximum absolute atomic E-state index is 5.99. The van der Waals surface area contributed by atoms with Crippen LogP contribution in [0.1, 0.15) is 0 Å². The summed E-state index contributed by atoms with van der Waals surface area (Å²) in [6.07, 6.45) is 1.75. The molecule has 6 heteroatoms. The Morgan fingerprint density at radius 3 is 2.60 bits per heavy atom. The molecule has 5 nitrogen and oxygen atoms in total. The van der Waals surface area contributed by atoms with Gasteiger partial charge in [-0.1, -0.05) is 18.2 Å². The zero-order valence-corrected chi connectivity index (χ0v) is 11.8. The normalized spacial score (nSPS) is 10.8. The summed E-state index contributed by atoms with van der Waals surface area (Å²) >= 11 is 5.99. The van der Waals surface area contributed by atoms with Gasteiger partial charge in [0, 0.05) is 31.2 Å². The molecule has 0 saturated heterocycles. The van der Waals surface area contributed by atoms with E-state index in [1.807, 2.05) is 44.4 Å². The van der Waals surface area contributed by atoms with Crippen LogP contribution in [0.3, 0.4) is 0 Å². The van der Waals surface area contributed by atoms with Crippen molar-refractivity contribution in [2.45, 2.75) is 0 Å². The third kappa shape index (κ3) is 2.28. The first-order chi connectivity index (χ1) is 9.65. The molecule has 0 saturated carbocycles. The van der Waals surface area contributed by atoms with E-state index < -0.39 is 0 Å². The molecule has 0 fully saturated rings. The SMILES string of the molecule is CN(C)c1nc(Cl)nc(-c2cccc3cccnc23)n1. The Labute approximate surface area is 121 Å². The summed E-state index contributed by atoms with van der Waals surface area (Å²) in [7, 11) is 3.72. The number of aromatic nitrogens is 4. The van der Waals surface area contributed by atoms with Gasteiger partial charge >= 0.3 is 0 Å². The van der Waals surface area contributed by atoms with Crippen LogP contribution in [0.15, 0.2) is 36.5 Å². The fourth-order valence-corrected chi connectivity index (χ4v) is 2.10. The molecule has 20 heavy (non-hydrogen) atoms. The molecule has 0 atom stereocenters. The van der Waals surface area contributed by atoms with Crippen LogP contribution < -0.4 is 4.90 Å². The number of halogens is 1. The number of hydrogen-bond acceptors (Lipinski definition) is 5. The van der Waals surface area contributed by atoms with E-state index in [2.05, 4.69) is 19.9 Å². The molecular formula is C14H12ClN5. The van der Waals surface area contributed by atoms with Crippen LogP contribution >= 0.6 is 11.6 Å². The van der Waals surface area contributed by atoms with E-state index in [1.165, 1.54) is 0 Å². The van der Waals surface area contributed by atoms with Gasteiger partial charge in [-0.05, 0) is 23.7 Å². The van der Waals surface area contributed by atoms with Crippen LogP contribution in [0.25, 0.3) is 22.3 Å². The highest BCUT2D eigenvalue weighted by molar-refractivity contribution is 6.28. The van der Waals surface area contributed by atoms with E-state index in [-0.39, 0.29) is 5.28 Å². The predicted molar refractivity (Wildman–Crippen MR) is 79.9 cm³/mol. The highest BCUT2D eigenvalue weighted by atomic mass is 35.5. The third-order valence-electron chi connectivity index (χ3n) is 2.87. The van der Waals surface area contributed by atoms with E-state index in [0.717, 1.165) is 16.5 Å². The molecular weight excluding hydrogens is 274 g/mol. The molecule has 0 bridgehead atoms. The summed E-state index contributed by atoms with van der Waals surface area (Å²) in [6.45, 7) is 0. The van der Waals surface area contributed by atoms with Gasteiger partial charge in [-0.25, -0.2) is 0 Å². The molecule has 3 aromatic rings. The molecule has 0 aliphatic heterocycles. The van der Waals surface area contributed by atoms with E-state index in [9.17, 15) is 0 Å². The Morgan fingerprint density at radius 1 is 1.00 bits per heavy atom. The summed E-state index contributed by atoms with van der Waals surface area (Å²) in [5.41, 5.74) is 1.69. The predicted octanol–water partition coefficient (Wildman–Crippen LogP) is 2.81. The third-order valence-corrected chi connectivity index (χ3v) is 3.04. The second-order valence-electron chi connectivity index (χ2n) is 4.50. The van der Waals surface area contributed by atoms with Crippen molar-refractivity contribution in [1.29, 1.82) is 0 Å². The summed E-state index contributed by atoms with van der Waals surface area (Å²) < 4.78 is 0. The molecule has 0 amide bonds. The molecule has 3 rings (SSSR count). The number of rotatable bonds is 2. The van der Waals surface area contributed by atoms with E-state index >= 15 is 0 Å². The Balaban J connectivity index is 2.25. The highest BCUT2D eigenvalue weighted by Gasteiger charge is 2.11. The molecule has 0 radical (unpaired) electrons. The summed E-state index contributed by atoms with van der Waals surface area (Å²) in [5.74, 6) is 1.05. The zero-order chi connectivity index (χ0) is 14.1. The number of benzene rings is 1. The molecule has 0 unspecified atom stereocenters. The zero-order valence-electron chi connectivity index (χ0n) is 11.1. The van der Waals surface area contributed by atoms with Crippen molar-refractivity contribution in [1.82, 2.24) is 19.9 Å². The molecule has 0 spiro atoms. The Morgan fingerprint density at radius 2 is 1.80 bits per heavy atom. The van der Waals surface area contributed by atoms with Crippen LogP contribution in [-0.2, 0) is 0 Å². The molecule has 0 aliphatic carbocycles. The van der Waals surface area contributed by atoms with Crippen molar-refractivity contribution in [3.8, 4) is 11.4 Å². The van der Waals surface area contributed by atoms with Gasteiger partial charge in [0.2, 0.25) is 11.2 Å².